The van der Waals surface area contributed by atoms with E-state index in [0.29, 0.717) is 6.04 Å². The number of aromatic nitrogens is 5. The molecule has 0 N–H and O–H groups in total. The lowest BCUT2D eigenvalue weighted by Crippen LogP contribution is -2.62. The van der Waals surface area contributed by atoms with E-state index in [9.17, 15) is 0 Å². The molecule has 5 rings (SSSR count). The first-order valence-electron chi connectivity index (χ1n) is 10.3. The van der Waals surface area contributed by atoms with E-state index in [1.807, 2.05) is 18.5 Å². The van der Waals surface area contributed by atoms with Crippen LogP contribution in [-0.2, 0) is 19.5 Å². The lowest BCUT2D eigenvalue weighted by Gasteiger charge is -2.48. The maximum atomic E-state index is 4.48. The number of nitrogens with zero attached hydrogens (tertiary/aromatic N) is 8. The summed E-state index contributed by atoms with van der Waals surface area (Å²) in [5.41, 5.74) is 0. The van der Waals surface area contributed by atoms with E-state index in [4.69, 9.17) is 0 Å². The van der Waals surface area contributed by atoms with Gasteiger partial charge < -0.3 is 9.47 Å². The molecule has 0 atom stereocenters. The molecule has 2 fully saturated rings. The number of piperazine rings is 1. The van der Waals surface area contributed by atoms with Crippen LogP contribution in [0.2, 0.25) is 0 Å². The first-order valence-corrected chi connectivity index (χ1v) is 10.3. The molecule has 3 aliphatic heterocycles. The maximum absolute atomic E-state index is 4.48. The Bertz CT molecular complexity index is 746. The van der Waals surface area contributed by atoms with Crippen LogP contribution in [0.1, 0.15) is 30.9 Å². The Labute approximate surface area is 160 Å². The van der Waals surface area contributed by atoms with Crippen molar-refractivity contribution >= 4 is 5.95 Å². The van der Waals surface area contributed by atoms with Gasteiger partial charge in [-0.25, -0.2) is 9.97 Å². The van der Waals surface area contributed by atoms with Crippen LogP contribution in [0.5, 0.6) is 0 Å². The van der Waals surface area contributed by atoms with Crippen LogP contribution in [0.3, 0.4) is 0 Å². The van der Waals surface area contributed by atoms with Crippen molar-refractivity contribution in [1.29, 1.82) is 0 Å². The van der Waals surface area contributed by atoms with Gasteiger partial charge in [0.15, 0.2) is 0 Å². The van der Waals surface area contributed by atoms with Gasteiger partial charge in [0, 0.05) is 70.7 Å². The van der Waals surface area contributed by atoms with Crippen LogP contribution in [0, 0.1) is 0 Å². The predicted octanol–water partition coefficient (Wildman–Crippen LogP) is 0.801. The highest BCUT2D eigenvalue weighted by Crippen LogP contribution is 2.21. The van der Waals surface area contributed by atoms with Crippen LogP contribution in [0.15, 0.2) is 18.5 Å². The van der Waals surface area contributed by atoms with Gasteiger partial charge in [0.1, 0.15) is 11.6 Å². The minimum atomic E-state index is 0.676. The zero-order chi connectivity index (χ0) is 18.1. The third-order valence-electron chi connectivity index (χ3n) is 6.15. The quantitative estimate of drug-likeness (QED) is 0.791. The molecule has 2 saturated heterocycles. The Kier molecular flexibility index (Phi) is 4.75. The summed E-state index contributed by atoms with van der Waals surface area (Å²) < 4.78 is 2.37. The second-order valence-corrected chi connectivity index (χ2v) is 7.91. The molecule has 2 aromatic rings. The topological polar surface area (TPSA) is 66.2 Å². The van der Waals surface area contributed by atoms with Crippen molar-refractivity contribution in [3.8, 4) is 0 Å². The average Bonchev–Trinajstić information content (AvgIpc) is 2.91. The van der Waals surface area contributed by atoms with E-state index in [2.05, 4.69) is 39.4 Å². The first kappa shape index (κ1) is 17.1. The molecule has 144 valence electrons. The van der Waals surface area contributed by atoms with Gasteiger partial charge in [-0.15, -0.1) is 10.2 Å². The van der Waals surface area contributed by atoms with Crippen molar-refractivity contribution in [3.63, 3.8) is 0 Å². The number of hydrogen-bond donors (Lipinski definition) is 0. The monoisotopic (exact) mass is 368 g/mol. The van der Waals surface area contributed by atoms with Gasteiger partial charge in [-0.3, -0.25) is 9.80 Å². The van der Waals surface area contributed by atoms with E-state index in [1.54, 1.807) is 0 Å². The van der Waals surface area contributed by atoms with Gasteiger partial charge in [-0.1, -0.05) is 6.42 Å². The van der Waals surface area contributed by atoms with Crippen LogP contribution in [-0.4, -0.2) is 79.8 Å². The summed E-state index contributed by atoms with van der Waals surface area (Å²) in [7, 11) is 0. The fourth-order valence-electron chi connectivity index (χ4n) is 4.51. The van der Waals surface area contributed by atoms with Crippen molar-refractivity contribution in [2.75, 3.05) is 44.2 Å². The van der Waals surface area contributed by atoms with Gasteiger partial charge in [0.05, 0.1) is 6.54 Å². The Balaban J connectivity index is 1.11. The second kappa shape index (κ2) is 7.52. The molecule has 0 aliphatic carbocycles. The summed E-state index contributed by atoms with van der Waals surface area (Å²) in [6, 6.07) is 2.55. The normalized spacial score (nSPS) is 22.3. The van der Waals surface area contributed by atoms with E-state index in [0.717, 1.165) is 70.6 Å². The molecule has 2 aromatic heterocycles. The molecule has 0 bridgehead atoms. The third kappa shape index (κ3) is 3.55. The van der Waals surface area contributed by atoms with Gasteiger partial charge in [0.2, 0.25) is 5.95 Å². The van der Waals surface area contributed by atoms with E-state index in [1.165, 1.54) is 25.1 Å². The summed E-state index contributed by atoms with van der Waals surface area (Å²) in [5, 5.41) is 8.91. The summed E-state index contributed by atoms with van der Waals surface area (Å²) >= 11 is 0. The molecule has 0 saturated carbocycles. The maximum Gasteiger partial charge on any atom is 0.225 e. The molecular weight excluding hydrogens is 340 g/mol. The second-order valence-electron chi connectivity index (χ2n) is 7.91. The average molecular weight is 368 g/mol. The van der Waals surface area contributed by atoms with Crippen molar-refractivity contribution in [2.45, 2.75) is 44.8 Å². The molecule has 27 heavy (non-hydrogen) atoms. The molecule has 0 radical (unpaired) electrons. The van der Waals surface area contributed by atoms with Crippen LogP contribution in [0.4, 0.5) is 5.95 Å². The molecule has 3 aliphatic rings. The smallest absolute Gasteiger partial charge is 0.225 e. The summed E-state index contributed by atoms with van der Waals surface area (Å²) in [4.78, 5) is 16.2. The molecule has 5 heterocycles. The predicted molar refractivity (Wildman–Crippen MR) is 102 cm³/mol. The highest BCUT2D eigenvalue weighted by atomic mass is 15.4. The zero-order valence-corrected chi connectivity index (χ0v) is 15.9. The zero-order valence-electron chi connectivity index (χ0n) is 15.9. The Hall–Kier alpha value is -2.06. The number of hydrogen-bond acceptors (Lipinski definition) is 7. The SMILES string of the molecule is c1cnc(N2CCN(C3CN(Cc4nnc5n4CCCCC5)C3)CC2)nc1. The van der Waals surface area contributed by atoms with Crippen molar-refractivity contribution < 1.29 is 0 Å². The minimum absolute atomic E-state index is 0.676. The number of anilines is 1. The fourth-order valence-corrected chi connectivity index (χ4v) is 4.51. The largest absolute Gasteiger partial charge is 0.338 e. The fraction of sp³-hybridized carbons (Fsp3) is 0.684. The molecular formula is C19H28N8. The molecule has 0 spiro atoms. The summed E-state index contributed by atoms with van der Waals surface area (Å²) in [6.45, 7) is 8.54. The Morgan fingerprint density at radius 1 is 0.889 bits per heavy atom. The lowest BCUT2D eigenvalue weighted by atomic mass is 10.1. The third-order valence-corrected chi connectivity index (χ3v) is 6.15. The van der Waals surface area contributed by atoms with Crippen LogP contribution < -0.4 is 4.90 Å². The van der Waals surface area contributed by atoms with Gasteiger partial charge >= 0.3 is 0 Å². The highest BCUT2D eigenvalue weighted by molar-refractivity contribution is 5.29. The van der Waals surface area contributed by atoms with Gasteiger partial charge in [-0.2, -0.15) is 0 Å². The lowest BCUT2D eigenvalue weighted by molar-refractivity contribution is 0.0232. The number of aryl methyl sites for hydroxylation is 1. The summed E-state index contributed by atoms with van der Waals surface area (Å²) in [6.07, 6.45) is 8.56. The van der Waals surface area contributed by atoms with Crippen molar-refractivity contribution in [1.82, 2.24) is 34.5 Å². The van der Waals surface area contributed by atoms with Crippen LogP contribution >= 0.6 is 0 Å². The standard InChI is InChI=1S/C19H28N8/c1-2-5-17-22-23-18(27(17)8-3-1)15-24-13-16(14-24)25-9-11-26(12-10-25)19-20-6-4-7-21-19/h4,6-7,16H,1-3,5,8-15H2. The number of rotatable bonds is 4. The molecule has 8 nitrogen and oxygen atoms in total. The minimum Gasteiger partial charge on any atom is -0.338 e. The van der Waals surface area contributed by atoms with Crippen LogP contribution in [0.25, 0.3) is 0 Å². The molecule has 8 heteroatoms. The van der Waals surface area contributed by atoms with E-state index in [-0.39, 0.29) is 0 Å². The van der Waals surface area contributed by atoms with E-state index >= 15 is 0 Å². The Morgan fingerprint density at radius 3 is 2.52 bits per heavy atom. The molecule has 0 aromatic carbocycles. The molecule has 0 amide bonds. The first-order chi connectivity index (χ1) is 13.4. The number of likely N-dealkylation sites (tertiary alicyclic amines) is 1. The van der Waals surface area contributed by atoms with Crippen molar-refractivity contribution in [2.24, 2.45) is 0 Å². The summed E-state index contributed by atoms with van der Waals surface area (Å²) in [5.74, 6) is 3.22. The van der Waals surface area contributed by atoms with E-state index < -0.39 is 0 Å². The van der Waals surface area contributed by atoms with Gasteiger partial charge in [-0.05, 0) is 18.9 Å². The number of fused-ring (bicyclic) bond motifs is 1. The van der Waals surface area contributed by atoms with Gasteiger partial charge in [0.25, 0.3) is 0 Å². The Morgan fingerprint density at radius 2 is 1.70 bits per heavy atom. The van der Waals surface area contributed by atoms with Crippen molar-refractivity contribution in [3.05, 3.63) is 30.1 Å². The highest BCUT2D eigenvalue weighted by Gasteiger charge is 2.34. The molecule has 0 unspecified atom stereocenters.